The molecule has 216 valence electrons. The lowest BCUT2D eigenvalue weighted by Gasteiger charge is -2.14. The van der Waals surface area contributed by atoms with Gasteiger partial charge in [-0.15, -0.1) is 0 Å². The van der Waals surface area contributed by atoms with E-state index in [-0.39, 0.29) is 11.4 Å². The molecule has 0 bridgehead atoms. The topological polar surface area (TPSA) is 115 Å². The van der Waals surface area contributed by atoms with Crippen LogP contribution in [0.3, 0.4) is 0 Å². The SMILES string of the molecule is Cc1ccc(NC(=O)Nc2cc(C(C)(C)C)nn2-c2ccccc2)cc1-c1ccc2nc(Nc3cnn(C)c3)ncc2c1. The van der Waals surface area contributed by atoms with Crippen molar-refractivity contribution in [2.75, 3.05) is 16.0 Å². The van der Waals surface area contributed by atoms with E-state index < -0.39 is 0 Å². The highest BCUT2D eigenvalue weighted by Crippen LogP contribution is 2.30. The molecular formula is C33H33N9O. The monoisotopic (exact) mass is 571 g/mol. The minimum atomic E-state index is -0.354. The third-order valence-corrected chi connectivity index (χ3v) is 7.07. The largest absolute Gasteiger partial charge is 0.324 e. The van der Waals surface area contributed by atoms with Crippen molar-refractivity contribution in [2.24, 2.45) is 7.05 Å². The van der Waals surface area contributed by atoms with Gasteiger partial charge in [0.25, 0.3) is 0 Å². The van der Waals surface area contributed by atoms with Gasteiger partial charge in [-0.2, -0.15) is 10.2 Å². The van der Waals surface area contributed by atoms with Crippen molar-refractivity contribution < 1.29 is 4.79 Å². The maximum Gasteiger partial charge on any atom is 0.324 e. The molecule has 0 fully saturated rings. The van der Waals surface area contributed by atoms with Crippen LogP contribution >= 0.6 is 0 Å². The van der Waals surface area contributed by atoms with Crippen LogP contribution in [0.1, 0.15) is 32.0 Å². The van der Waals surface area contributed by atoms with Gasteiger partial charge in [0.1, 0.15) is 5.82 Å². The number of anilines is 4. The molecule has 43 heavy (non-hydrogen) atoms. The highest BCUT2D eigenvalue weighted by molar-refractivity contribution is 6.00. The van der Waals surface area contributed by atoms with Gasteiger partial charge in [-0.3, -0.25) is 10.00 Å². The molecule has 10 nitrogen and oxygen atoms in total. The standard InChI is InChI=1S/C33H33N9O/c1-21-11-13-24(37-32(43)39-30-17-29(33(2,3)4)40-42(30)26-9-7-6-8-10-26)16-27(21)22-12-14-28-23(15-22)18-34-31(38-28)36-25-19-35-41(5)20-25/h6-20H,1-5H3,(H,34,36,38)(H2,37,39,43). The molecule has 3 aromatic carbocycles. The molecule has 0 unspecified atom stereocenters. The van der Waals surface area contributed by atoms with Crippen molar-refractivity contribution in [3.05, 3.63) is 103 Å². The Bertz CT molecular complexity index is 1930. The molecule has 0 atom stereocenters. The Labute approximate surface area is 249 Å². The minimum Gasteiger partial charge on any atom is -0.321 e. The molecule has 10 heteroatoms. The second-order valence-corrected chi connectivity index (χ2v) is 11.5. The van der Waals surface area contributed by atoms with Gasteiger partial charge in [0, 0.05) is 42.0 Å². The predicted octanol–water partition coefficient (Wildman–Crippen LogP) is 7.21. The van der Waals surface area contributed by atoms with Crippen molar-refractivity contribution in [1.82, 2.24) is 29.5 Å². The summed E-state index contributed by atoms with van der Waals surface area (Å²) in [6, 6.07) is 23.3. The Kier molecular flexibility index (Phi) is 7.11. The van der Waals surface area contributed by atoms with Crippen LogP contribution in [0.15, 0.2) is 91.4 Å². The minimum absolute atomic E-state index is 0.179. The first kappa shape index (κ1) is 27.6. The van der Waals surface area contributed by atoms with Gasteiger partial charge in [-0.25, -0.2) is 19.4 Å². The zero-order valence-corrected chi connectivity index (χ0v) is 24.8. The molecule has 0 saturated heterocycles. The van der Waals surface area contributed by atoms with Crippen LogP contribution in [0, 0.1) is 6.92 Å². The number of hydrogen-bond acceptors (Lipinski definition) is 6. The number of hydrogen-bond donors (Lipinski definition) is 3. The van der Waals surface area contributed by atoms with E-state index in [9.17, 15) is 4.79 Å². The van der Waals surface area contributed by atoms with Gasteiger partial charge >= 0.3 is 6.03 Å². The van der Waals surface area contributed by atoms with Crippen LogP contribution in [-0.2, 0) is 12.5 Å². The summed E-state index contributed by atoms with van der Waals surface area (Å²) in [6.45, 7) is 8.34. The molecule has 0 aliphatic rings. The molecule has 0 aliphatic heterocycles. The van der Waals surface area contributed by atoms with Crippen LogP contribution < -0.4 is 16.0 Å². The van der Waals surface area contributed by atoms with Gasteiger partial charge in [0.05, 0.1) is 28.8 Å². The Hall–Kier alpha value is -5.51. The van der Waals surface area contributed by atoms with Crippen LogP contribution in [0.5, 0.6) is 0 Å². The third-order valence-electron chi connectivity index (χ3n) is 7.07. The zero-order chi connectivity index (χ0) is 30.1. The molecule has 3 aromatic heterocycles. The average Bonchev–Trinajstić information content (AvgIpc) is 3.60. The maximum atomic E-state index is 13.2. The number of nitrogens with zero attached hydrogens (tertiary/aromatic N) is 6. The zero-order valence-electron chi connectivity index (χ0n) is 24.8. The summed E-state index contributed by atoms with van der Waals surface area (Å²) in [5.41, 5.74) is 6.97. The van der Waals surface area contributed by atoms with Crippen molar-refractivity contribution in [3.8, 4) is 16.8 Å². The van der Waals surface area contributed by atoms with E-state index in [1.807, 2.05) is 86.9 Å². The summed E-state index contributed by atoms with van der Waals surface area (Å²) in [5, 5.41) is 19.0. The second kappa shape index (κ2) is 11.1. The van der Waals surface area contributed by atoms with Crippen LogP contribution in [0.25, 0.3) is 27.7 Å². The maximum absolute atomic E-state index is 13.2. The highest BCUT2D eigenvalue weighted by atomic mass is 16.2. The van der Waals surface area contributed by atoms with Gasteiger partial charge < -0.3 is 10.6 Å². The van der Waals surface area contributed by atoms with E-state index in [2.05, 4.69) is 57.9 Å². The molecule has 0 saturated carbocycles. The molecule has 3 N–H and O–H groups in total. The summed E-state index contributed by atoms with van der Waals surface area (Å²) in [4.78, 5) is 22.3. The van der Waals surface area contributed by atoms with E-state index in [0.29, 0.717) is 17.5 Å². The third kappa shape index (κ3) is 6.08. The quantitative estimate of drug-likeness (QED) is 0.195. The Morgan fingerprint density at radius 1 is 0.884 bits per heavy atom. The number of aromatic nitrogens is 6. The summed E-state index contributed by atoms with van der Waals surface area (Å²) in [5.74, 6) is 1.10. The molecule has 2 amide bonds. The number of carbonyl (C=O) groups is 1. The summed E-state index contributed by atoms with van der Waals surface area (Å²) in [7, 11) is 1.86. The summed E-state index contributed by atoms with van der Waals surface area (Å²) in [6.07, 6.45) is 5.39. The van der Waals surface area contributed by atoms with Crippen LogP contribution in [0.2, 0.25) is 0 Å². The number of fused-ring (bicyclic) bond motifs is 1. The van der Waals surface area contributed by atoms with E-state index in [0.717, 1.165) is 44.7 Å². The Morgan fingerprint density at radius 2 is 1.70 bits per heavy atom. The number of aryl methyl sites for hydroxylation is 2. The number of para-hydroxylation sites is 1. The molecule has 0 aliphatic carbocycles. The molecule has 6 aromatic rings. The van der Waals surface area contributed by atoms with Crippen molar-refractivity contribution in [2.45, 2.75) is 33.1 Å². The van der Waals surface area contributed by atoms with Crippen molar-refractivity contribution in [1.29, 1.82) is 0 Å². The average molecular weight is 572 g/mol. The van der Waals surface area contributed by atoms with Crippen LogP contribution in [0.4, 0.5) is 27.9 Å². The lowest BCUT2D eigenvalue weighted by Crippen LogP contribution is -2.21. The molecule has 3 heterocycles. The smallest absolute Gasteiger partial charge is 0.321 e. The number of carbonyl (C=O) groups excluding carboxylic acids is 1. The second-order valence-electron chi connectivity index (χ2n) is 11.5. The van der Waals surface area contributed by atoms with Crippen molar-refractivity contribution in [3.63, 3.8) is 0 Å². The Balaban J connectivity index is 1.22. The van der Waals surface area contributed by atoms with Gasteiger partial charge in [-0.1, -0.05) is 51.1 Å². The predicted molar refractivity (Wildman–Crippen MR) is 171 cm³/mol. The van der Waals surface area contributed by atoms with Gasteiger partial charge in [-0.05, 0) is 60.0 Å². The summed E-state index contributed by atoms with van der Waals surface area (Å²) >= 11 is 0. The van der Waals surface area contributed by atoms with Crippen LogP contribution in [-0.4, -0.2) is 35.6 Å². The number of urea groups is 1. The van der Waals surface area contributed by atoms with Gasteiger partial charge in [0.15, 0.2) is 0 Å². The normalized spacial score (nSPS) is 11.5. The molecule has 6 rings (SSSR count). The number of benzene rings is 3. The lowest BCUT2D eigenvalue weighted by atomic mass is 9.92. The van der Waals surface area contributed by atoms with Crippen molar-refractivity contribution >= 4 is 40.1 Å². The summed E-state index contributed by atoms with van der Waals surface area (Å²) < 4.78 is 3.47. The molecular weight excluding hydrogens is 538 g/mol. The first-order valence-electron chi connectivity index (χ1n) is 14.0. The highest BCUT2D eigenvalue weighted by Gasteiger charge is 2.21. The number of amides is 2. The Morgan fingerprint density at radius 3 is 2.44 bits per heavy atom. The van der Waals surface area contributed by atoms with Gasteiger partial charge in [0.2, 0.25) is 5.95 Å². The fourth-order valence-electron chi connectivity index (χ4n) is 4.77. The molecule has 0 radical (unpaired) electrons. The van der Waals surface area contributed by atoms with E-state index in [1.54, 1.807) is 21.8 Å². The lowest BCUT2D eigenvalue weighted by molar-refractivity contribution is 0.262. The first-order valence-corrected chi connectivity index (χ1v) is 14.0. The fourth-order valence-corrected chi connectivity index (χ4v) is 4.77. The van der Waals surface area contributed by atoms with E-state index in [4.69, 9.17) is 5.10 Å². The number of rotatable bonds is 6. The number of nitrogens with one attached hydrogen (secondary N) is 3. The fraction of sp³-hybridized carbons (Fsp3) is 0.182. The van der Waals surface area contributed by atoms with E-state index in [1.165, 1.54) is 0 Å². The first-order chi connectivity index (χ1) is 20.6. The van der Waals surface area contributed by atoms with E-state index >= 15 is 0 Å². The molecule has 0 spiro atoms.